The first-order valence-corrected chi connectivity index (χ1v) is 8.88. The fourth-order valence-corrected chi connectivity index (χ4v) is 3.56. The van der Waals surface area contributed by atoms with Crippen LogP contribution in [0.4, 0.5) is 14.7 Å². The fourth-order valence-electron chi connectivity index (χ4n) is 3.56. The van der Waals surface area contributed by atoms with Gasteiger partial charge in [0.15, 0.2) is 0 Å². The van der Waals surface area contributed by atoms with Crippen molar-refractivity contribution in [1.29, 1.82) is 0 Å². The highest BCUT2D eigenvalue weighted by Crippen LogP contribution is 2.44. The number of aromatic nitrogens is 2. The van der Waals surface area contributed by atoms with Gasteiger partial charge in [0, 0.05) is 36.7 Å². The normalized spacial score (nSPS) is 22.9. The van der Waals surface area contributed by atoms with Gasteiger partial charge in [0.25, 0.3) is 11.8 Å². The molecule has 1 aromatic carbocycles. The molecule has 1 aromatic heterocycles. The molecule has 0 spiro atoms. The Bertz CT molecular complexity index is 901. The average molecular weight is 374 g/mol. The van der Waals surface area contributed by atoms with E-state index in [9.17, 15) is 18.7 Å². The summed E-state index contributed by atoms with van der Waals surface area (Å²) in [4.78, 5) is 22.1. The number of alkyl halides is 2. The van der Waals surface area contributed by atoms with E-state index in [0.29, 0.717) is 28.9 Å². The van der Waals surface area contributed by atoms with Crippen LogP contribution >= 0.6 is 0 Å². The zero-order chi connectivity index (χ0) is 19.3. The van der Waals surface area contributed by atoms with Gasteiger partial charge in [0.1, 0.15) is 5.69 Å². The number of hydrogen-bond acceptors (Lipinski definition) is 5. The van der Waals surface area contributed by atoms with E-state index < -0.39 is 12.0 Å². The van der Waals surface area contributed by atoms with Crippen LogP contribution in [0.3, 0.4) is 0 Å². The molecule has 4 rings (SSSR count). The van der Waals surface area contributed by atoms with Gasteiger partial charge >= 0.3 is 0 Å². The van der Waals surface area contributed by atoms with E-state index in [1.165, 1.54) is 0 Å². The molecule has 8 heteroatoms. The highest BCUT2D eigenvalue weighted by molar-refractivity contribution is 5.94. The van der Waals surface area contributed by atoms with Crippen molar-refractivity contribution in [3.63, 3.8) is 0 Å². The smallest absolute Gasteiger partial charge is 0.290 e. The zero-order valence-electron chi connectivity index (χ0n) is 15.0. The molecule has 2 aliphatic rings. The SMILES string of the molecule is CNC(=O)c1ccc(-c2nc(N3C[C@@H](O)[C@@H]3C)nc3c2CCC3(F)F)cc1. The minimum absolute atomic E-state index is 0.202. The summed E-state index contributed by atoms with van der Waals surface area (Å²) in [7, 11) is 1.55. The van der Waals surface area contributed by atoms with Crippen molar-refractivity contribution in [1.82, 2.24) is 15.3 Å². The molecular weight excluding hydrogens is 354 g/mol. The van der Waals surface area contributed by atoms with Gasteiger partial charge in [0.05, 0.1) is 17.8 Å². The van der Waals surface area contributed by atoms with Gasteiger partial charge in [-0.3, -0.25) is 4.79 Å². The van der Waals surface area contributed by atoms with E-state index in [0.717, 1.165) is 0 Å². The topological polar surface area (TPSA) is 78.4 Å². The Morgan fingerprint density at radius 3 is 2.59 bits per heavy atom. The second-order valence-corrected chi connectivity index (χ2v) is 7.02. The Morgan fingerprint density at radius 1 is 1.30 bits per heavy atom. The van der Waals surface area contributed by atoms with E-state index in [2.05, 4.69) is 15.3 Å². The van der Waals surface area contributed by atoms with E-state index in [-0.39, 0.29) is 36.4 Å². The molecule has 1 amide bonds. The van der Waals surface area contributed by atoms with Gasteiger partial charge in [-0.1, -0.05) is 12.1 Å². The summed E-state index contributed by atoms with van der Waals surface area (Å²) in [5, 5.41) is 12.3. The third kappa shape index (κ3) is 2.84. The molecule has 2 heterocycles. The van der Waals surface area contributed by atoms with Gasteiger partial charge in [-0.15, -0.1) is 0 Å². The van der Waals surface area contributed by atoms with Gasteiger partial charge in [-0.2, -0.15) is 8.78 Å². The standard InChI is InChI=1S/C19H20F2N4O2/c1-10-14(26)9-25(10)18-23-15(13-7-8-19(20,21)16(13)24-18)11-3-5-12(6-4-11)17(27)22-2/h3-6,10,14,26H,7-9H2,1-2H3,(H,22,27)/t10-,14+/m0/s1. The molecule has 1 saturated heterocycles. The largest absolute Gasteiger partial charge is 0.389 e. The monoisotopic (exact) mass is 374 g/mol. The van der Waals surface area contributed by atoms with E-state index >= 15 is 0 Å². The Labute approximate surface area is 155 Å². The van der Waals surface area contributed by atoms with Gasteiger partial charge in [-0.25, -0.2) is 9.97 Å². The quantitative estimate of drug-likeness (QED) is 0.860. The minimum Gasteiger partial charge on any atom is -0.389 e. The van der Waals surface area contributed by atoms with Crippen molar-refractivity contribution >= 4 is 11.9 Å². The second-order valence-electron chi connectivity index (χ2n) is 7.02. The third-order valence-electron chi connectivity index (χ3n) is 5.37. The predicted octanol–water partition coefficient (Wildman–Crippen LogP) is 2.11. The summed E-state index contributed by atoms with van der Waals surface area (Å²) in [5.41, 5.74) is 1.83. The van der Waals surface area contributed by atoms with Crippen molar-refractivity contribution in [3.8, 4) is 11.3 Å². The van der Waals surface area contributed by atoms with Crippen LogP contribution in [0.25, 0.3) is 11.3 Å². The van der Waals surface area contributed by atoms with E-state index in [4.69, 9.17) is 0 Å². The number of aliphatic hydroxyl groups excluding tert-OH is 1. The van der Waals surface area contributed by atoms with Gasteiger partial charge < -0.3 is 15.3 Å². The van der Waals surface area contributed by atoms with Crippen molar-refractivity contribution in [2.24, 2.45) is 0 Å². The van der Waals surface area contributed by atoms with Crippen LogP contribution in [0.2, 0.25) is 0 Å². The molecule has 0 bridgehead atoms. The van der Waals surface area contributed by atoms with E-state index in [1.54, 1.807) is 43.1 Å². The molecule has 1 aliphatic carbocycles. The van der Waals surface area contributed by atoms with Crippen molar-refractivity contribution < 1.29 is 18.7 Å². The van der Waals surface area contributed by atoms with Crippen LogP contribution in [-0.2, 0) is 12.3 Å². The fraction of sp³-hybridized carbons (Fsp3) is 0.421. The molecule has 27 heavy (non-hydrogen) atoms. The molecule has 0 saturated carbocycles. The van der Waals surface area contributed by atoms with Crippen LogP contribution in [0.5, 0.6) is 0 Å². The lowest BCUT2D eigenvalue weighted by atomic mass is 10.0. The Morgan fingerprint density at radius 2 is 2.00 bits per heavy atom. The minimum atomic E-state index is -2.99. The summed E-state index contributed by atoms with van der Waals surface area (Å²) in [6.45, 7) is 2.13. The van der Waals surface area contributed by atoms with Crippen LogP contribution < -0.4 is 10.2 Å². The first kappa shape index (κ1) is 17.8. The molecule has 2 N–H and O–H groups in total. The lowest BCUT2D eigenvalue weighted by Crippen LogP contribution is -2.59. The van der Waals surface area contributed by atoms with Crippen molar-refractivity contribution in [2.75, 3.05) is 18.5 Å². The van der Waals surface area contributed by atoms with Crippen molar-refractivity contribution in [3.05, 3.63) is 41.1 Å². The first-order chi connectivity index (χ1) is 12.8. The number of benzene rings is 1. The molecule has 2 aromatic rings. The highest BCUT2D eigenvalue weighted by atomic mass is 19.3. The number of nitrogens with zero attached hydrogens (tertiary/aromatic N) is 3. The number of amides is 1. The molecule has 6 nitrogen and oxygen atoms in total. The number of halogens is 2. The summed E-state index contributed by atoms with van der Waals surface area (Å²) in [6, 6.07) is 6.49. The lowest BCUT2D eigenvalue weighted by Gasteiger charge is -2.43. The molecule has 2 atom stereocenters. The molecule has 1 aliphatic heterocycles. The van der Waals surface area contributed by atoms with Gasteiger partial charge in [0.2, 0.25) is 5.95 Å². The van der Waals surface area contributed by atoms with Crippen LogP contribution in [0.1, 0.15) is 35.0 Å². The number of β-amino-alcohol motifs (C(OH)–C–C–N with tert-alkyl or cyclic N) is 1. The van der Waals surface area contributed by atoms with Crippen molar-refractivity contribution in [2.45, 2.75) is 37.8 Å². The summed E-state index contributed by atoms with van der Waals surface area (Å²) in [5.74, 6) is -3.00. The van der Waals surface area contributed by atoms with E-state index in [1.807, 2.05) is 0 Å². The van der Waals surface area contributed by atoms with Crippen LogP contribution in [0, 0.1) is 0 Å². The highest BCUT2D eigenvalue weighted by Gasteiger charge is 2.45. The predicted molar refractivity (Wildman–Crippen MR) is 95.9 cm³/mol. The number of anilines is 1. The number of carbonyl (C=O) groups is 1. The number of carbonyl (C=O) groups excluding carboxylic acids is 1. The number of rotatable bonds is 3. The Balaban J connectivity index is 1.80. The maximum absolute atomic E-state index is 14.4. The summed E-state index contributed by atoms with van der Waals surface area (Å²) in [6.07, 6.45) is -0.604. The molecular formula is C19H20F2N4O2. The number of aliphatic hydroxyl groups is 1. The van der Waals surface area contributed by atoms with Crippen LogP contribution in [0.15, 0.2) is 24.3 Å². The maximum Gasteiger partial charge on any atom is 0.290 e. The zero-order valence-corrected chi connectivity index (χ0v) is 15.0. The molecule has 1 fully saturated rings. The first-order valence-electron chi connectivity index (χ1n) is 8.88. The molecule has 0 unspecified atom stereocenters. The molecule has 142 valence electrons. The number of hydrogen-bond donors (Lipinski definition) is 2. The average Bonchev–Trinajstić information content (AvgIpc) is 2.99. The molecule has 0 radical (unpaired) electrons. The van der Waals surface area contributed by atoms with Gasteiger partial charge in [-0.05, 0) is 25.5 Å². The Hall–Kier alpha value is -2.61. The maximum atomic E-state index is 14.4. The van der Waals surface area contributed by atoms with Crippen LogP contribution in [-0.4, -0.2) is 46.7 Å². The lowest BCUT2D eigenvalue weighted by molar-refractivity contribution is -0.00603. The Kier molecular flexibility index (Phi) is 4.10. The second kappa shape index (κ2) is 6.23. The number of nitrogens with one attached hydrogen (secondary N) is 1. The number of fused-ring (bicyclic) bond motifs is 1. The summed E-state index contributed by atoms with van der Waals surface area (Å²) < 4.78 is 28.8. The third-order valence-corrected chi connectivity index (χ3v) is 5.37. The summed E-state index contributed by atoms with van der Waals surface area (Å²) >= 11 is 0.